The van der Waals surface area contributed by atoms with Gasteiger partial charge in [-0.3, -0.25) is 14.2 Å². The molecular weight excluding hydrogens is 302 g/mol. The van der Waals surface area contributed by atoms with Gasteiger partial charge in [0, 0.05) is 49.7 Å². The molecule has 0 spiro atoms. The summed E-state index contributed by atoms with van der Waals surface area (Å²) in [5.74, 6) is -0.162. The van der Waals surface area contributed by atoms with Crippen LogP contribution in [-0.4, -0.2) is 59.4 Å². The Hall–Kier alpha value is -1.85. The Labute approximate surface area is 134 Å². The topological polar surface area (TPSA) is 45.6 Å². The number of halogens is 1. The van der Waals surface area contributed by atoms with Crippen LogP contribution in [0.3, 0.4) is 0 Å². The number of nitrogens with zero attached hydrogens (tertiary/aromatic N) is 3. The van der Waals surface area contributed by atoms with E-state index in [2.05, 4.69) is 4.90 Å². The first-order valence-electron chi connectivity index (χ1n) is 7.27. The van der Waals surface area contributed by atoms with Crippen LogP contribution in [0.25, 0.3) is 10.9 Å². The molecule has 1 aromatic heterocycles. The zero-order valence-electron chi connectivity index (χ0n) is 12.7. The number of likely N-dealkylation sites (N-methyl/N-ethyl adjacent to an activating group) is 1. The predicted molar refractivity (Wildman–Crippen MR) is 86.6 cm³/mol. The van der Waals surface area contributed by atoms with Crippen molar-refractivity contribution in [2.75, 3.05) is 33.2 Å². The van der Waals surface area contributed by atoms with Crippen LogP contribution in [0.15, 0.2) is 24.4 Å². The van der Waals surface area contributed by atoms with Crippen LogP contribution in [0.2, 0.25) is 5.02 Å². The van der Waals surface area contributed by atoms with E-state index < -0.39 is 0 Å². The monoisotopic (exact) mass is 319 g/mol. The van der Waals surface area contributed by atoms with Crippen molar-refractivity contribution in [2.24, 2.45) is 0 Å². The molecule has 0 atom stereocenters. The lowest BCUT2D eigenvalue weighted by molar-refractivity contribution is 0.0666. The Kier molecular flexibility index (Phi) is 3.93. The van der Waals surface area contributed by atoms with Crippen molar-refractivity contribution >= 4 is 34.3 Å². The van der Waals surface area contributed by atoms with Crippen molar-refractivity contribution in [2.45, 2.75) is 6.92 Å². The Bertz CT molecular complexity index is 745. The average Bonchev–Trinajstić information content (AvgIpc) is 2.86. The summed E-state index contributed by atoms with van der Waals surface area (Å²) in [6.45, 7) is 4.61. The minimum Gasteiger partial charge on any atom is -0.336 e. The van der Waals surface area contributed by atoms with E-state index in [0.29, 0.717) is 29.2 Å². The smallest absolute Gasteiger partial charge is 0.256 e. The van der Waals surface area contributed by atoms with Gasteiger partial charge in [-0.25, -0.2) is 0 Å². The Balaban J connectivity index is 2.03. The lowest BCUT2D eigenvalue weighted by Crippen LogP contribution is -2.47. The molecule has 6 heteroatoms. The van der Waals surface area contributed by atoms with Crippen molar-refractivity contribution in [3.8, 4) is 0 Å². The van der Waals surface area contributed by atoms with Gasteiger partial charge in [0.15, 0.2) is 0 Å². The first-order chi connectivity index (χ1) is 10.5. The number of piperazine rings is 1. The van der Waals surface area contributed by atoms with Gasteiger partial charge in [0.25, 0.3) is 5.91 Å². The van der Waals surface area contributed by atoms with Crippen LogP contribution in [-0.2, 0) is 0 Å². The molecule has 0 unspecified atom stereocenters. The fraction of sp³-hybridized carbons (Fsp3) is 0.375. The Morgan fingerprint density at radius 1 is 1.14 bits per heavy atom. The van der Waals surface area contributed by atoms with Crippen molar-refractivity contribution in [1.29, 1.82) is 0 Å². The summed E-state index contributed by atoms with van der Waals surface area (Å²) in [5.41, 5.74) is 1.24. The number of rotatable bonds is 1. The number of aromatic nitrogens is 1. The van der Waals surface area contributed by atoms with Crippen molar-refractivity contribution < 1.29 is 9.59 Å². The predicted octanol–water partition coefficient (Wildman–Crippen LogP) is 2.34. The number of carbonyl (C=O) groups excluding carboxylic acids is 2. The molecule has 22 heavy (non-hydrogen) atoms. The molecule has 0 saturated carbocycles. The average molecular weight is 320 g/mol. The highest BCUT2D eigenvalue weighted by atomic mass is 35.5. The molecule has 2 aromatic rings. The normalized spacial score (nSPS) is 16.2. The summed E-state index contributed by atoms with van der Waals surface area (Å²) in [4.78, 5) is 28.6. The van der Waals surface area contributed by atoms with E-state index in [1.54, 1.807) is 24.4 Å². The molecule has 1 aliphatic rings. The summed E-state index contributed by atoms with van der Waals surface area (Å²) in [6, 6.07) is 5.27. The van der Waals surface area contributed by atoms with Crippen molar-refractivity contribution in [1.82, 2.24) is 14.4 Å². The maximum absolute atomic E-state index is 12.8. The minimum atomic E-state index is -0.135. The van der Waals surface area contributed by atoms with E-state index in [0.717, 1.165) is 18.5 Å². The fourth-order valence-electron chi connectivity index (χ4n) is 2.81. The molecule has 1 saturated heterocycles. The van der Waals surface area contributed by atoms with Crippen LogP contribution in [0.1, 0.15) is 22.1 Å². The van der Waals surface area contributed by atoms with Gasteiger partial charge in [-0.2, -0.15) is 0 Å². The van der Waals surface area contributed by atoms with E-state index in [4.69, 9.17) is 11.6 Å². The third kappa shape index (κ3) is 2.62. The first kappa shape index (κ1) is 15.1. The van der Waals surface area contributed by atoms with E-state index in [-0.39, 0.29) is 11.8 Å². The van der Waals surface area contributed by atoms with Gasteiger partial charge in [0.1, 0.15) is 0 Å². The number of amides is 1. The summed E-state index contributed by atoms with van der Waals surface area (Å²) in [5, 5.41) is 1.32. The van der Waals surface area contributed by atoms with E-state index in [1.807, 2.05) is 11.9 Å². The molecule has 116 valence electrons. The number of benzene rings is 1. The van der Waals surface area contributed by atoms with E-state index >= 15 is 0 Å². The second-order valence-electron chi connectivity index (χ2n) is 5.69. The summed E-state index contributed by atoms with van der Waals surface area (Å²) >= 11 is 6.02. The number of hydrogen-bond donors (Lipinski definition) is 0. The van der Waals surface area contributed by atoms with Gasteiger partial charge in [0.2, 0.25) is 5.91 Å². The standard InChI is InChI=1S/C16H18ClN3O2/c1-11(21)20-10-14(13-4-3-12(17)9-15(13)20)16(22)19-7-5-18(2)6-8-19/h3-4,9-10H,5-8H2,1-2H3. The highest BCUT2D eigenvalue weighted by Crippen LogP contribution is 2.26. The molecule has 0 bridgehead atoms. The number of carbonyl (C=O) groups is 2. The summed E-state index contributed by atoms with van der Waals surface area (Å²) in [6.07, 6.45) is 1.63. The van der Waals surface area contributed by atoms with Gasteiger partial charge in [-0.1, -0.05) is 17.7 Å². The van der Waals surface area contributed by atoms with Gasteiger partial charge in [0.05, 0.1) is 11.1 Å². The van der Waals surface area contributed by atoms with Crippen LogP contribution in [0, 0.1) is 0 Å². The molecule has 5 nitrogen and oxygen atoms in total. The summed E-state index contributed by atoms with van der Waals surface area (Å²) in [7, 11) is 2.05. The number of fused-ring (bicyclic) bond motifs is 1. The van der Waals surface area contributed by atoms with Crippen LogP contribution < -0.4 is 0 Å². The van der Waals surface area contributed by atoms with Crippen LogP contribution >= 0.6 is 11.6 Å². The quantitative estimate of drug-likeness (QED) is 0.810. The molecule has 1 fully saturated rings. The molecule has 1 amide bonds. The zero-order valence-corrected chi connectivity index (χ0v) is 13.4. The summed E-state index contributed by atoms with van der Waals surface area (Å²) < 4.78 is 1.49. The molecule has 0 aliphatic carbocycles. The maximum atomic E-state index is 12.8. The lowest BCUT2D eigenvalue weighted by Gasteiger charge is -2.32. The van der Waals surface area contributed by atoms with E-state index in [9.17, 15) is 9.59 Å². The fourth-order valence-corrected chi connectivity index (χ4v) is 2.98. The maximum Gasteiger partial charge on any atom is 0.256 e. The molecule has 3 rings (SSSR count). The molecule has 1 aromatic carbocycles. The Morgan fingerprint density at radius 2 is 1.82 bits per heavy atom. The SMILES string of the molecule is CC(=O)n1cc(C(=O)N2CCN(C)CC2)c2ccc(Cl)cc21. The third-order valence-corrected chi connectivity index (χ3v) is 4.36. The zero-order chi connectivity index (χ0) is 15.9. The van der Waals surface area contributed by atoms with Crippen LogP contribution in [0.4, 0.5) is 0 Å². The van der Waals surface area contributed by atoms with Gasteiger partial charge >= 0.3 is 0 Å². The Morgan fingerprint density at radius 3 is 2.45 bits per heavy atom. The van der Waals surface area contributed by atoms with Gasteiger partial charge < -0.3 is 9.80 Å². The second-order valence-corrected chi connectivity index (χ2v) is 6.13. The highest BCUT2D eigenvalue weighted by molar-refractivity contribution is 6.31. The van der Waals surface area contributed by atoms with Gasteiger partial charge in [-0.15, -0.1) is 0 Å². The molecule has 0 N–H and O–H groups in total. The minimum absolute atomic E-state index is 0.0274. The first-order valence-corrected chi connectivity index (χ1v) is 7.64. The van der Waals surface area contributed by atoms with E-state index in [1.165, 1.54) is 11.5 Å². The van der Waals surface area contributed by atoms with Crippen molar-refractivity contribution in [3.05, 3.63) is 35.0 Å². The molecule has 0 radical (unpaired) electrons. The van der Waals surface area contributed by atoms with Gasteiger partial charge in [-0.05, 0) is 19.2 Å². The highest BCUT2D eigenvalue weighted by Gasteiger charge is 2.24. The molecule has 2 heterocycles. The third-order valence-electron chi connectivity index (χ3n) is 4.13. The molecule has 1 aliphatic heterocycles. The molecular formula is C16H18ClN3O2. The van der Waals surface area contributed by atoms with Crippen molar-refractivity contribution in [3.63, 3.8) is 0 Å². The number of hydrogen-bond acceptors (Lipinski definition) is 3. The lowest BCUT2D eigenvalue weighted by atomic mass is 10.1. The second kappa shape index (κ2) is 5.74. The van der Waals surface area contributed by atoms with Crippen LogP contribution in [0.5, 0.6) is 0 Å². The largest absolute Gasteiger partial charge is 0.336 e.